The van der Waals surface area contributed by atoms with Crippen molar-refractivity contribution in [1.82, 2.24) is 0 Å². The second kappa shape index (κ2) is 5.83. The first-order chi connectivity index (χ1) is 8.49. The summed E-state index contributed by atoms with van der Waals surface area (Å²) in [4.78, 5) is 12.0. The van der Waals surface area contributed by atoms with Crippen LogP contribution in [0.1, 0.15) is 26.7 Å². The summed E-state index contributed by atoms with van der Waals surface area (Å²) in [7, 11) is 0. The monoisotopic (exact) mass is 268 g/mol. The number of rotatable bonds is 4. The zero-order valence-corrected chi connectivity index (χ0v) is 11.0. The Morgan fingerprint density at radius 1 is 1.50 bits per heavy atom. The molecule has 0 radical (unpaired) electrons. The van der Waals surface area contributed by atoms with Gasteiger partial charge in [-0.05, 0) is 31.0 Å². The molecule has 1 rings (SSSR count). The molecule has 0 aliphatic heterocycles. The Hall–Kier alpha value is -1.60. The molecular weight excluding hydrogens is 255 g/mol. The van der Waals surface area contributed by atoms with Crippen LogP contribution in [-0.4, -0.2) is 5.91 Å². The molecule has 0 unspecified atom stereocenters. The minimum Gasteiger partial charge on any atom is -0.325 e. The van der Waals surface area contributed by atoms with Crippen LogP contribution < -0.4 is 5.32 Å². The van der Waals surface area contributed by atoms with Crippen LogP contribution in [0.15, 0.2) is 18.2 Å². The number of amides is 1. The third-order valence-corrected chi connectivity index (χ3v) is 3.34. The van der Waals surface area contributed by atoms with E-state index in [4.69, 9.17) is 16.9 Å². The van der Waals surface area contributed by atoms with Gasteiger partial charge in [0.15, 0.2) is 0 Å². The number of halogens is 2. The van der Waals surface area contributed by atoms with E-state index in [1.54, 1.807) is 13.8 Å². The second-order valence-corrected chi connectivity index (χ2v) is 4.39. The first-order valence-electron chi connectivity index (χ1n) is 5.67. The lowest BCUT2D eigenvalue weighted by molar-refractivity contribution is -0.123. The molecule has 3 nitrogen and oxygen atoms in total. The van der Waals surface area contributed by atoms with Crippen molar-refractivity contribution in [3.8, 4) is 6.07 Å². The van der Waals surface area contributed by atoms with Gasteiger partial charge in [-0.2, -0.15) is 5.26 Å². The van der Waals surface area contributed by atoms with E-state index in [0.717, 1.165) is 6.07 Å². The van der Waals surface area contributed by atoms with Crippen LogP contribution in [0.3, 0.4) is 0 Å². The summed E-state index contributed by atoms with van der Waals surface area (Å²) in [6.45, 7) is 3.55. The number of benzene rings is 1. The average molecular weight is 269 g/mol. The topological polar surface area (TPSA) is 52.9 Å². The minimum absolute atomic E-state index is 0.00877. The van der Waals surface area contributed by atoms with Crippen molar-refractivity contribution in [2.24, 2.45) is 5.41 Å². The maximum Gasteiger partial charge on any atom is 0.244 e. The molecule has 0 atom stereocenters. The third-order valence-electron chi connectivity index (χ3n) is 3.03. The van der Waals surface area contributed by atoms with Gasteiger partial charge in [0.1, 0.15) is 11.2 Å². The second-order valence-electron chi connectivity index (χ2n) is 3.98. The summed E-state index contributed by atoms with van der Waals surface area (Å²) in [5.74, 6) is -1.03. The maximum absolute atomic E-state index is 13.2. The van der Waals surface area contributed by atoms with Crippen LogP contribution in [0.4, 0.5) is 10.1 Å². The van der Waals surface area contributed by atoms with Gasteiger partial charge in [0, 0.05) is 5.69 Å². The van der Waals surface area contributed by atoms with Gasteiger partial charge in [0.2, 0.25) is 5.91 Å². The Labute approximate surface area is 111 Å². The van der Waals surface area contributed by atoms with Gasteiger partial charge in [-0.3, -0.25) is 4.79 Å². The number of nitriles is 1. The quantitative estimate of drug-likeness (QED) is 0.904. The molecule has 0 fully saturated rings. The van der Waals surface area contributed by atoms with Crippen molar-refractivity contribution >= 4 is 23.2 Å². The van der Waals surface area contributed by atoms with Crippen LogP contribution in [0.2, 0.25) is 5.02 Å². The fourth-order valence-electron chi connectivity index (χ4n) is 1.60. The van der Waals surface area contributed by atoms with E-state index in [9.17, 15) is 9.18 Å². The van der Waals surface area contributed by atoms with Gasteiger partial charge in [-0.15, -0.1) is 0 Å². The lowest BCUT2D eigenvalue weighted by atomic mass is 9.83. The summed E-state index contributed by atoms with van der Waals surface area (Å²) in [5.41, 5.74) is -0.778. The molecule has 0 aliphatic rings. The number of carbonyl (C=O) groups is 1. The van der Waals surface area contributed by atoms with Crippen molar-refractivity contribution in [3.63, 3.8) is 0 Å². The number of anilines is 1. The zero-order chi connectivity index (χ0) is 13.8. The Bertz CT molecular complexity index is 492. The van der Waals surface area contributed by atoms with Crippen molar-refractivity contribution in [1.29, 1.82) is 5.26 Å². The molecule has 1 N–H and O–H groups in total. The molecular formula is C13H14ClFN2O. The molecule has 0 spiro atoms. The van der Waals surface area contributed by atoms with Crippen LogP contribution in [0.5, 0.6) is 0 Å². The highest BCUT2D eigenvalue weighted by molar-refractivity contribution is 6.30. The molecule has 1 aromatic carbocycles. The summed E-state index contributed by atoms with van der Waals surface area (Å²) in [5, 5.41) is 11.7. The molecule has 1 amide bonds. The Morgan fingerprint density at radius 3 is 2.56 bits per heavy atom. The van der Waals surface area contributed by atoms with Crippen LogP contribution in [-0.2, 0) is 4.79 Å². The number of hydrogen-bond acceptors (Lipinski definition) is 2. The molecule has 0 heterocycles. The lowest BCUT2D eigenvalue weighted by Crippen LogP contribution is -2.33. The molecule has 0 saturated heterocycles. The summed E-state index contributed by atoms with van der Waals surface area (Å²) < 4.78 is 13.2. The molecule has 96 valence electrons. The van der Waals surface area contributed by atoms with Crippen molar-refractivity contribution in [2.45, 2.75) is 26.7 Å². The van der Waals surface area contributed by atoms with E-state index in [2.05, 4.69) is 5.32 Å². The summed E-state index contributed by atoms with van der Waals surface area (Å²) >= 11 is 5.55. The van der Waals surface area contributed by atoms with Gasteiger partial charge < -0.3 is 5.32 Å². The lowest BCUT2D eigenvalue weighted by Gasteiger charge is -2.22. The smallest absolute Gasteiger partial charge is 0.244 e. The zero-order valence-electron chi connectivity index (χ0n) is 10.3. The van der Waals surface area contributed by atoms with Gasteiger partial charge in [0.05, 0.1) is 11.1 Å². The highest BCUT2D eigenvalue weighted by atomic mass is 35.5. The molecule has 1 aromatic rings. The largest absolute Gasteiger partial charge is 0.325 e. The van der Waals surface area contributed by atoms with E-state index in [1.807, 2.05) is 6.07 Å². The Morgan fingerprint density at radius 2 is 2.11 bits per heavy atom. The van der Waals surface area contributed by atoms with E-state index < -0.39 is 17.1 Å². The predicted molar refractivity (Wildman–Crippen MR) is 68.7 cm³/mol. The third kappa shape index (κ3) is 2.80. The average Bonchev–Trinajstić information content (AvgIpc) is 2.37. The fraction of sp³-hybridized carbons (Fsp3) is 0.385. The molecule has 0 aromatic heterocycles. The summed E-state index contributed by atoms with van der Waals surface area (Å²) in [6.07, 6.45) is 0.809. The van der Waals surface area contributed by atoms with E-state index in [1.165, 1.54) is 12.1 Å². The van der Waals surface area contributed by atoms with E-state index in [-0.39, 0.29) is 5.02 Å². The number of nitrogens with one attached hydrogen (secondary N) is 1. The first-order valence-corrected chi connectivity index (χ1v) is 6.04. The molecule has 0 saturated carbocycles. The van der Waals surface area contributed by atoms with Gasteiger partial charge in [-0.25, -0.2) is 4.39 Å². The van der Waals surface area contributed by atoms with Crippen LogP contribution >= 0.6 is 11.6 Å². The molecule has 0 aliphatic carbocycles. The van der Waals surface area contributed by atoms with Gasteiger partial charge >= 0.3 is 0 Å². The van der Waals surface area contributed by atoms with Gasteiger partial charge in [0.25, 0.3) is 0 Å². The highest BCUT2D eigenvalue weighted by Gasteiger charge is 2.35. The van der Waals surface area contributed by atoms with Crippen molar-refractivity contribution in [2.75, 3.05) is 5.32 Å². The summed E-state index contributed by atoms with van der Waals surface area (Å²) in [6, 6.07) is 6.02. The van der Waals surface area contributed by atoms with Crippen molar-refractivity contribution in [3.05, 3.63) is 29.0 Å². The Kier molecular flexibility index (Phi) is 4.69. The SMILES string of the molecule is CCC(C#N)(CC)C(=O)Nc1ccc(Cl)c(F)c1. The molecule has 0 bridgehead atoms. The Balaban J connectivity index is 2.94. The first kappa shape index (κ1) is 14.5. The molecule has 18 heavy (non-hydrogen) atoms. The maximum atomic E-state index is 13.2. The minimum atomic E-state index is -1.07. The standard InChI is InChI=1S/C13H14ClFN2O/c1-3-13(4-2,8-16)12(18)17-9-5-6-10(14)11(15)7-9/h5-7H,3-4H2,1-2H3,(H,17,18). The fourth-order valence-corrected chi connectivity index (χ4v) is 1.72. The van der Waals surface area contributed by atoms with Crippen LogP contribution in [0.25, 0.3) is 0 Å². The van der Waals surface area contributed by atoms with Gasteiger partial charge in [-0.1, -0.05) is 25.4 Å². The highest BCUT2D eigenvalue weighted by Crippen LogP contribution is 2.28. The number of carbonyl (C=O) groups excluding carboxylic acids is 1. The van der Waals surface area contributed by atoms with Crippen LogP contribution in [0, 0.1) is 22.6 Å². The number of hydrogen-bond donors (Lipinski definition) is 1. The predicted octanol–water partition coefficient (Wildman–Crippen LogP) is 3.75. The number of nitrogens with zero attached hydrogens (tertiary/aromatic N) is 1. The normalized spacial score (nSPS) is 10.8. The van der Waals surface area contributed by atoms with E-state index in [0.29, 0.717) is 18.5 Å². The van der Waals surface area contributed by atoms with Crippen molar-refractivity contribution < 1.29 is 9.18 Å². The van der Waals surface area contributed by atoms with E-state index >= 15 is 0 Å². The molecule has 5 heteroatoms.